The van der Waals surface area contributed by atoms with Gasteiger partial charge in [-0.2, -0.15) is 4.31 Å². The van der Waals surface area contributed by atoms with Crippen molar-refractivity contribution in [1.82, 2.24) is 19.3 Å². The van der Waals surface area contributed by atoms with E-state index < -0.39 is 10.0 Å². The van der Waals surface area contributed by atoms with Gasteiger partial charge in [0.25, 0.3) is 0 Å². The third-order valence-corrected chi connectivity index (χ3v) is 6.23. The van der Waals surface area contributed by atoms with Crippen molar-refractivity contribution >= 4 is 26.9 Å². The molecular weight excluding hydrogens is 342 g/mol. The van der Waals surface area contributed by atoms with Crippen molar-refractivity contribution in [2.24, 2.45) is 0 Å². The van der Waals surface area contributed by atoms with E-state index in [0.717, 1.165) is 5.82 Å². The first kappa shape index (κ1) is 15.9. The molecule has 2 N–H and O–H groups in total. The summed E-state index contributed by atoms with van der Waals surface area (Å²) in [6.07, 6.45) is 1.73. The number of rotatable bonds is 3. The van der Waals surface area contributed by atoms with E-state index in [2.05, 4.69) is 19.9 Å². The van der Waals surface area contributed by atoms with Gasteiger partial charge in [0.2, 0.25) is 10.0 Å². The van der Waals surface area contributed by atoms with Crippen molar-refractivity contribution in [2.75, 3.05) is 31.1 Å². The van der Waals surface area contributed by atoms with Crippen LogP contribution in [-0.4, -0.2) is 53.9 Å². The fourth-order valence-corrected chi connectivity index (χ4v) is 4.47. The van der Waals surface area contributed by atoms with Crippen LogP contribution in [-0.2, 0) is 10.0 Å². The number of anilines is 1. The second-order valence-corrected chi connectivity index (χ2v) is 7.80. The molecule has 0 radical (unpaired) electrons. The van der Waals surface area contributed by atoms with Crippen LogP contribution in [0.1, 0.15) is 0 Å². The van der Waals surface area contributed by atoms with Crippen LogP contribution < -0.4 is 10.6 Å². The van der Waals surface area contributed by atoms with E-state index in [9.17, 15) is 13.2 Å². The smallest absolute Gasteiger partial charge is 0.323 e. The zero-order valence-electron chi connectivity index (χ0n) is 13.3. The number of aromatic nitrogens is 3. The SMILES string of the molecule is O=c1[nH]c2ccc(S(=O)(=O)N3CCN(c4ccccn4)CC3)cc2[nH]1. The number of imidazole rings is 1. The Balaban J connectivity index is 1.55. The molecule has 1 fully saturated rings. The van der Waals surface area contributed by atoms with E-state index in [1.54, 1.807) is 12.3 Å². The van der Waals surface area contributed by atoms with Crippen molar-refractivity contribution in [3.05, 3.63) is 53.1 Å². The van der Waals surface area contributed by atoms with Crippen molar-refractivity contribution in [1.29, 1.82) is 0 Å². The molecule has 25 heavy (non-hydrogen) atoms. The minimum atomic E-state index is -3.60. The lowest BCUT2D eigenvalue weighted by atomic mass is 10.3. The summed E-state index contributed by atoms with van der Waals surface area (Å²) in [5, 5.41) is 0. The fourth-order valence-electron chi connectivity index (χ4n) is 3.02. The van der Waals surface area contributed by atoms with Crippen molar-refractivity contribution in [3.8, 4) is 0 Å². The predicted molar refractivity (Wildman–Crippen MR) is 94.1 cm³/mol. The Kier molecular flexibility index (Phi) is 3.81. The van der Waals surface area contributed by atoms with Crippen LogP contribution in [0, 0.1) is 0 Å². The summed E-state index contributed by atoms with van der Waals surface area (Å²) < 4.78 is 27.2. The van der Waals surface area contributed by atoms with Crippen LogP contribution in [0.15, 0.2) is 52.3 Å². The Morgan fingerprint density at radius 3 is 2.44 bits per heavy atom. The number of aromatic amines is 2. The molecule has 1 aromatic carbocycles. The zero-order valence-corrected chi connectivity index (χ0v) is 14.2. The van der Waals surface area contributed by atoms with Crippen LogP contribution in [0.3, 0.4) is 0 Å². The van der Waals surface area contributed by atoms with Gasteiger partial charge in [-0.05, 0) is 30.3 Å². The summed E-state index contributed by atoms with van der Waals surface area (Å²) in [5.41, 5.74) is 0.718. The molecule has 0 unspecified atom stereocenters. The lowest BCUT2D eigenvalue weighted by molar-refractivity contribution is 0.384. The molecule has 3 heterocycles. The number of H-pyrrole nitrogens is 2. The van der Waals surface area contributed by atoms with Crippen LogP contribution in [0.2, 0.25) is 0 Å². The standard InChI is InChI=1S/C16H17N5O3S/c22-16-18-13-5-4-12(11-14(13)19-16)25(23,24)21-9-7-20(8-10-21)15-3-1-2-6-17-15/h1-6,11H,7-10H2,(H2,18,19,22). The van der Waals surface area contributed by atoms with Gasteiger partial charge in [0.1, 0.15) is 5.82 Å². The van der Waals surface area contributed by atoms with E-state index in [-0.39, 0.29) is 10.6 Å². The quantitative estimate of drug-likeness (QED) is 0.719. The molecule has 3 aromatic rings. The normalized spacial score (nSPS) is 16.4. The fraction of sp³-hybridized carbons (Fsp3) is 0.250. The number of nitrogens with zero attached hydrogens (tertiary/aromatic N) is 3. The molecule has 1 saturated heterocycles. The molecular formula is C16H17N5O3S. The highest BCUT2D eigenvalue weighted by molar-refractivity contribution is 7.89. The average molecular weight is 359 g/mol. The van der Waals surface area contributed by atoms with Gasteiger partial charge in [0, 0.05) is 32.4 Å². The Hall–Kier alpha value is -2.65. The van der Waals surface area contributed by atoms with Gasteiger partial charge in [-0.15, -0.1) is 0 Å². The molecule has 0 aliphatic carbocycles. The molecule has 1 aliphatic rings. The number of piperazine rings is 1. The van der Waals surface area contributed by atoms with Crippen LogP contribution in [0.4, 0.5) is 5.82 Å². The maximum absolute atomic E-state index is 12.9. The molecule has 0 amide bonds. The van der Waals surface area contributed by atoms with Crippen LogP contribution in [0.5, 0.6) is 0 Å². The Labute approximate surface area is 144 Å². The first-order valence-corrected chi connectivity index (χ1v) is 9.36. The van der Waals surface area contributed by atoms with Gasteiger partial charge < -0.3 is 14.9 Å². The van der Waals surface area contributed by atoms with Gasteiger partial charge in [-0.3, -0.25) is 0 Å². The van der Waals surface area contributed by atoms with Crippen LogP contribution >= 0.6 is 0 Å². The largest absolute Gasteiger partial charge is 0.354 e. The number of sulfonamides is 1. The maximum Gasteiger partial charge on any atom is 0.323 e. The maximum atomic E-state index is 12.9. The molecule has 0 saturated carbocycles. The summed E-state index contributed by atoms with van der Waals surface area (Å²) in [7, 11) is -3.60. The van der Waals surface area contributed by atoms with Gasteiger partial charge in [0.05, 0.1) is 15.9 Å². The number of hydrogen-bond donors (Lipinski definition) is 2. The van der Waals surface area contributed by atoms with E-state index in [1.807, 2.05) is 18.2 Å². The first-order valence-electron chi connectivity index (χ1n) is 7.92. The summed E-state index contributed by atoms with van der Waals surface area (Å²) in [6, 6.07) is 10.3. The highest BCUT2D eigenvalue weighted by atomic mass is 32.2. The lowest BCUT2D eigenvalue weighted by Crippen LogP contribution is -2.48. The minimum absolute atomic E-state index is 0.182. The van der Waals surface area contributed by atoms with Crippen molar-refractivity contribution in [2.45, 2.75) is 4.90 Å². The van der Waals surface area contributed by atoms with E-state index >= 15 is 0 Å². The van der Waals surface area contributed by atoms with Crippen molar-refractivity contribution in [3.63, 3.8) is 0 Å². The molecule has 1 aliphatic heterocycles. The summed E-state index contributed by atoms with van der Waals surface area (Å²) >= 11 is 0. The van der Waals surface area contributed by atoms with Gasteiger partial charge >= 0.3 is 5.69 Å². The molecule has 0 atom stereocenters. The van der Waals surface area contributed by atoms with Gasteiger partial charge in [-0.1, -0.05) is 6.07 Å². The highest BCUT2D eigenvalue weighted by Crippen LogP contribution is 2.22. The number of hydrogen-bond acceptors (Lipinski definition) is 5. The highest BCUT2D eigenvalue weighted by Gasteiger charge is 2.29. The number of fused-ring (bicyclic) bond motifs is 1. The summed E-state index contributed by atoms with van der Waals surface area (Å²) in [4.78, 5) is 23.1. The number of pyridine rings is 1. The topological polar surface area (TPSA) is 102 Å². The first-order chi connectivity index (χ1) is 12.0. The zero-order chi connectivity index (χ0) is 17.4. The molecule has 2 aromatic heterocycles. The lowest BCUT2D eigenvalue weighted by Gasteiger charge is -2.34. The third-order valence-electron chi connectivity index (χ3n) is 4.34. The van der Waals surface area contributed by atoms with Gasteiger partial charge in [0.15, 0.2) is 0 Å². The van der Waals surface area contributed by atoms with Crippen molar-refractivity contribution < 1.29 is 8.42 Å². The molecule has 0 bridgehead atoms. The number of nitrogens with one attached hydrogen (secondary N) is 2. The second-order valence-electron chi connectivity index (χ2n) is 5.87. The van der Waals surface area contributed by atoms with Crippen LogP contribution in [0.25, 0.3) is 11.0 Å². The van der Waals surface area contributed by atoms with Gasteiger partial charge in [-0.25, -0.2) is 18.2 Å². The monoisotopic (exact) mass is 359 g/mol. The van der Waals surface area contributed by atoms with E-state index in [0.29, 0.717) is 37.2 Å². The molecule has 130 valence electrons. The predicted octanol–water partition coefficient (Wildman–Crippen LogP) is 0.762. The summed E-state index contributed by atoms with van der Waals surface area (Å²) in [6.45, 7) is 1.94. The minimum Gasteiger partial charge on any atom is -0.354 e. The Bertz CT molecular complexity index is 1050. The average Bonchev–Trinajstić information content (AvgIpc) is 3.02. The summed E-state index contributed by atoms with van der Waals surface area (Å²) in [5.74, 6) is 0.853. The molecule has 8 nitrogen and oxygen atoms in total. The molecule has 9 heteroatoms. The molecule has 4 rings (SSSR count). The van der Waals surface area contributed by atoms with E-state index in [4.69, 9.17) is 0 Å². The Morgan fingerprint density at radius 1 is 0.960 bits per heavy atom. The molecule has 0 spiro atoms. The third kappa shape index (κ3) is 2.92. The second kappa shape index (κ2) is 6.01. The van der Waals surface area contributed by atoms with E-state index in [1.165, 1.54) is 16.4 Å². The number of benzene rings is 1. The Morgan fingerprint density at radius 2 is 1.72 bits per heavy atom.